The first-order valence-corrected chi connectivity index (χ1v) is 6.33. The van der Waals surface area contributed by atoms with Gasteiger partial charge in [0, 0.05) is 14.7 Å². The van der Waals surface area contributed by atoms with Crippen molar-refractivity contribution in [3.05, 3.63) is 33.4 Å². The van der Waals surface area contributed by atoms with E-state index in [9.17, 15) is 4.79 Å². The van der Waals surface area contributed by atoms with Crippen molar-refractivity contribution in [1.82, 2.24) is 5.32 Å². The molecule has 3 saturated carbocycles. The van der Waals surface area contributed by atoms with Gasteiger partial charge in [0.2, 0.25) is 0 Å². The summed E-state index contributed by atoms with van der Waals surface area (Å²) in [4.78, 5) is 11.9. The van der Waals surface area contributed by atoms with E-state index in [0.717, 1.165) is 15.1 Å². The lowest BCUT2D eigenvalue weighted by atomic mass is 9.50. The summed E-state index contributed by atoms with van der Waals surface area (Å²) in [5.74, 6) is 0.993. The maximum absolute atomic E-state index is 11.9. The number of nitrogens with one attached hydrogen (secondary N) is 1. The van der Waals surface area contributed by atoms with Gasteiger partial charge in [-0.2, -0.15) is 0 Å². The van der Waals surface area contributed by atoms with Gasteiger partial charge in [-0.1, -0.05) is 6.07 Å². The lowest BCUT2D eigenvalue weighted by Crippen LogP contribution is -2.68. The van der Waals surface area contributed by atoms with Crippen LogP contribution >= 0.6 is 22.6 Å². The van der Waals surface area contributed by atoms with Gasteiger partial charge in [0.1, 0.15) is 0 Å². The van der Waals surface area contributed by atoms with Crippen LogP contribution < -0.4 is 5.32 Å². The summed E-state index contributed by atoms with van der Waals surface area (Å²) in [5.41, 5.74) is 0.967. The first-order chi connectivity index (χ1) is 7.17. The third kappa shape index (κ3) is 1.57. The Morgan fingerprint density at radius 2 is 2.13 bits per heavy atom. The summed E-state index contributed by atoms with van der Waals surface area (Å²) >= 11 is 2.23. The van der Waals surface area contributed by atoms with Crippen molar-refractivity contribution in [2.45, 2.75) is 24.8 Å². The molecule has 0 saturated heterocycles. The standard InChI is InChI=1S/C12H12INO/c13-10-3-1-2-9(4-10)11(15)14-12-5-8(6-12)7-12/h1-4,8H,5-7H2,(H,14,15). The summed E-state index contributed by atoms with van der Waals surface area (Å²) in [7, 11) is 0. The van der Waals surface area contributed by atoms with E-state index in [4.69, 9.17) is 0 Å². The van der Waals surface area contributed by atoms with Gasteiger partial charge < -0.3 is 5.32 Å². The van der Waals surface area contributed by atoms with Gasteiger partial charge in [-0.25, -0.2) is 0 Å². The normalized spacial score (nSPS) is 31.4. The fraction of sp³-hybridized carbons (Fsp3) is 0.417. The lowest BCUT2D eigenvalue weighted by Gasteiger charge is -2.61. The molecular weight excluding hydrogens is 301 g/mol. The SMILES string of the molecule is O=C(NC12CC(C1)C2)c1cccc(I)c1. The van der Waals surface area contributed by atoms with Crippen LogP contribution in [0.4, 0.5) is 0 Å². The zero-order chi connectivity index (χ0) is 10.5. The Hall–Kier alpha value is -0.580. The fourth-order valence-corrected chi connectivity index (χ4v) is 3.12. The van der Waals surface area contributed by atoms with Gasteiger partial charge in [0.15, 0.2) is 0 Å². The van der Waals surface area contributed by atoms with Crippen molar-refractivity contribution in [1.29, 1.82) is 0 Å². The zero-order valence-corrected chi connectivity index (χ0v) is 10.5. The van der Waals surface area contributed by atoms with Gasteiger partial charge >= 0.3 is 0 Å². The molecule has 1 amide bonds. The van der Waals surface area contributed by atoms with Gasteiger partial charge in [0.25, 0.3) is 5.91 Å². The monoisotopic (exact) mass is 313 g/mol. The highest BCUT2D eigenvalue weighted by molar-refractivity contribution is 14.1. The van der Waals surface area contributed by atoms with E-state index in [1.807, 2.05) is 24.3 Å². The predicted octanol–water partition coefficient (Wildman–Crippen LogP) is 2.57. The average molecular weight is 313 g/mol. The number of carbonyl (C=O) groups is 1. The first-order valence-electron chi connectivity index (χ1n) is 5.25. The summed E-state index contributed by atoms with van der Waals surface area (Å²) in [6, 6.07) is 7.74. The molecule has 2 bridgehead atoms. The van der Waals surface area contributed by atoms with Gasteiger partial charge in [0.05, 0.1) is 0 Å². The predicted molar refractivity (Wildman–Crippen MR) is 66.7 cm³/mol. The van der Waals surface area contributed by atoms with Crippen LogP contribution in [0, 0.1) is 9.49 Å². The van der Waals surface area contributed by atoms with E-state index in [0.29, 0.717) is 0 Å². The molecule has 0 aromatic heterocycles. The Kier molecular flexibility index (Phi) is 2.06. The lowest BCUT2D eigenvalue weighted by molar-refractivity contribution is -0.0438. The number of hydrogen-bond acceptors (Lipinski definition) is 1. The Bertz CT molecular complexity index is 412. The Labute approximate surface area is 103 Å². The molecule has 2 nitrogen and oxygen atoms in total. The van der Waals surface area contributed by atoms with Crippen LogP contribution in [-0.2, 0) is 0 Å². The van der Waals surface area contributed by atoms with E-state index in [1.165, 1.54) is 19.3 Å². The number of halogens is 1. The molecule has 4 rings (SSSR count). The highest BCUT2D eigenvalue weighted by atomic mass is 127. The topological polar surface area (TPSA) is 29.1 Å². The van der Waals surface area contributed by atoms with E-state index >= 15 is 0 Å². The molecule has 1 N–H and O–H groups in total. The number of carbonyl (C=O) groups excluding carboxylic acids is 1. The quantitative estimate of drug-likeness (QED) is 0.836. The average Bonchev–Trinajstić information content (AvgIpc) is 2.09. The number of benzene rings is 1. The molecule has 0 radical (unpaired) electrons. The third-order valence-corrected chi connectivity index (χ3v) is 4.17. The minimum atomic E-state index is 0.0895. The summed E-state index contributed by atoms with van der Waals surface area (Å²) in [6.07, 6.45) is 3.59. The van der Waals surface area contributed by atoms with Crippen LogP contribution in [0.3, 0.4) is 0 Å². The van der Waals surface area contributed by atoms with Crippen LogP contribution in [0.25, 0.3) is 0 Å². The Morgan fingerprint density at radius 3 is 2.67 bits per heavy atom. The maximum Gasteiger partial charge on any atom is 0.251 e. The molecule has 3 aliphatic carbocycles. The molecular formula is C12H12INO. The van der Waals surface area contributed by atoms with Crippen molar-refractivity contribution >= 4 is 28.5 Å². The second-order valence-electron chi connectivity index (χ2n) is 4.72. The molecule has 0 spiro atoms. The molecule has 3 aliphatic rings. The second-order valence-corrected chi connectivity index (χ2v) is 5.97. The third-order valence-electron chi connectivity index (χ3n) is 3.50. The summed E-state index contributed by atoms with van der Waals surface area (Å²) < 4.78 is 1.11. The minimum absolute atomic E-state index is 0.0895. The van der Waals surface area contributed by atoms with Crippen LogP contribution in [0.2, 0.25) is 0 Å². The van der Waals surface area contributed by atoms with Crippen LogP contribution in [-0.4, -0.2) is 11.4 Å². The van der Waals surface area contributed by atoms with E-state index in [2.05, 4.69) is 27.9 Å². The summed E-state index contributed by atoms with van der Waals surface area (Å²) in [5, 5.41) is 3.16. The molecule has 0 aliphatic heterocycles. The smallest absolute Gasteiger partial charge is 0.251 e. The van der Waals surface area contributed by atoms with E-state index in [1.54, 1.807) is 0 Å². The molecule has 15 heavy (non-hydrogen) atoms. The van der Waals surface area contributed by atoms with Gasteiger partial charge in [-0.3, -0.25) is 4.79 Å². The fourth-order valence-electron chi connectivity index (χ4n) is 2.57. The zero-order valence-electron chi connectivity index (χ0n) is 8.29. The first kappa shape index (κ1) is 9.63. The Morgan fingerprint density at radius 1 is 1.40 bits per heavy atom. The highest BCUT2D eigenvalue weighted by Crippen LogP contribution is 2.56. The van der Waals surface area contributed by atoms with E-state index < -0.39 is 0 Å². The number of rotatable bonds is 2. The largest absolute Gasteiger partial charge is 0.347 e. The van der Waals surface area contributed by atoms with Crippen LogP contribution in [0.15, 0.2) is 24.3 Å². The van der Waals surface area contributed by atoms with Crippen molar-refractivity contribution in [2.24, 2.45) is 5.92 Å². The van der Waals surface area contributed by atoms with Crippen LogP contribution in [0.1, 0.15) is 29.6 Å². The molecule has 0 unspecified atom stereocenters. The molecule has 78 valence electrons. The molecule has 1 aromatic carbocycles. The molecule has 0 heterocycles. The van der Waals surface area contributed by atoms with Crippen molar-refractivity contribution in [3.8, 4) is 0 Å². The highest BCUT2D eigenvalue weighted by Gasteiger charge is 2.57. The molecule has 3 heteroatoms. The molecule has 0 atom stereocenters. The van der Waals surface area contributed by atoms with Gasteiger partial charge in [-0.15, -0.1) is 0 Å². The molecule has 1 aromatic rings. The van der Waals surface area contributed by atoms with Crippen molar-refractivity contribution < 1.29 is 4.79 Å². The van der Waals surface area contributed by atoms with Crippen molar-refractivity contribution in [3.63, 3.8) is 0 Å². The Balaban J connectivity index is 1.74. The molecule has 3 fully saturated rings. The van der Waals surface area contributed by atoms with Gasteiger partial charge in [-0.05, 0) is 66.0 Å². The van der Waals surface area contributed by atoms with Crippen molar-refractivity contribution in [2.75, 3.05) is 0 Å². The summed E-state index contributed by atoms with van der Waals surface area (Å²) in [6.45, 7) is 0. The second kappa shape index (κ2) is 3.20. The number of hydrogen-bond donors (Lipinski definition) is 1. The number of amides is 1. The maximum atomic E-state index is 11.9. The van der Waals surface area contributed by atoms with Crippen LogP contribution in [0.5, 0.6) is 0 Å². The minimum Gasteiger partial charge on any atom is -0.347 e. The van der Waals surface area contributed by atoms with E-state index in [-0.39, 0.29) is 11.4 Å².